The van der Waals surface area contributed by atoms with Crippen LogP contribution in [-0.2, 0) is 17.7 Å². The number of ether oxygens (including phenoxy) is 1. The minimum absolute atomic E-state index is 0.0197. The Morgan fingerprint density at radius 3 is 2.92 bits per heavy atom. The number of morpholine rings is 1. The Labute approximate surface area is 146 Å². The molecule has 1 unspecified atom stereocenters. The van der Waals surface area contributed by atoms with Crippen molar-refractivity contribution in [3.63, 3.8) is 0 Å². The molecule has 3 rings (SSSR count). The highest BCUT2D eigenvalue weighted by Crippen LogP contribution is 2.13. The molecule has 132 valence electrons. The second kappa shape index (κ2) is 8.58. The molecule has 0 aliphatic carbocycles. The number of carbonyl (C=O) groups is 1. The minimum Gasteiger partial charge on any atom is -0.375 e. The molecule has 6 heteroatoms. The predicted molar refractivity (Wildman–Crippen MR) is 92.5 cm³/mol. The maximum Gasteiger partial charge on any atom is 0.317 e. The number of amides is 2. The Kier molecular flexibility index (Phi) is 5.95. The third-order valence-electron chi connectivity index (χ3n) is 4.27. The molecule has 1 aliphatic heterocycles. The summed E-state index contributed by atoms with van der Waals surface area (Å²) in [6.45, 7) is 1.68. The molecule has 2 aromatic rings. The zero-order chi connectivity index (χ0) is 17.5. The quantitative estimate of drug-likeness (QED) is 0.908. The van der Waals surface area contributed by atoms with Crippen LogP contribution in [0.15, 0.2) is 48.7 Å². The first-order valence-corrected chi connectivity index (χ1v) is 8.50. The monoisotopic (exact) mass is 343 g/mol. The molecule has 1 atom stereocenters. The van der Waals surface area contributed by atoms with Crippen molar-refractivity contribution in [2.24, 2.45) is 0 Å². The van der Waals surface area contributed by atoms with E-state index in [9.17, 15) is 9.18 Å². The molecule has 1 aromatic carbocycles. The molecule has 0 saturated carbocycles. The molecule has 0 bridgehead atoms. The van der Waals surface area contributed by atoms with Crippen LogP contribution in [0.3, 0.4) is 0 Å². The van der Waals surface area contributed by atoms with Gasteiger partial charge in [0.1, 0.15) is 5.82 Å². The Balaban J connectivity index is 1.47. The van der Waals surface area contributed by atoms with Crippen LogP contribution in [-0.4, -0.2) is 41.7 Å². The summed E-state index contributed by atoms with van der Waals surface area (Å²) in [6.07, 6.45) is 3.31. The summed E-state index contributed by atoms with van der Waals surface area (Å²) in [6, 6.07) is 12.9. The van der Waals surface area contributed by atoms with Gasteiger partial charge in [0.25, 0.3) is 0 Å². The highest BCUT2D eigenvalue weighted by Gasteiger charge is 2.24. The van der Waals surface area contributed by atoms with Crippen LogP contribution in [0.2, 0.25) is 0 Å². The van der Waals surface area contributed by atoms with Gasteiger partial charge in [-0.25, -0.2) is 9.18 Å². The lowest BCUT2D eigenvalue weighted by Gasteiger charge is -2.33. The largest absolute Gasteiger partial charge is 0.375 e. The Bertz CT molecular complexity index is 696. The lowest BCUT2D eigenvalue weighted by atomic mass is 10.1. The van der Waals surface area contributed by atoms with Crippen LogP contribution in [0.5, 0.6) is 0 Å². The second-order valence-corrected chi connectivity index (χ2v) is 6.05. The van der Waals surface area contributed by atoms with Crippen molar-refractivity contribution >= 4 is 6.03 Å². The van der Waals surface area contributed by atoms with E-state index in [1.165, 1.54) is 23.9 Å². The van der Waals surface area contributed by atoms with E-state index in [0.717, 1.165) is 12.8 Å². The molecule has 0 radical (unpaired) electrons. The number of carbonyl (C=O) groups excluding carboxylic acids is 1. The van der Waals surface area contributed by atoms with Gasteiger partial charge >= 0.3 is 6.03 Å². The van der Waals surface area contributed by atoms with Gasteiger partial charge in [-0.1, -0.05) is 30.3 Å². The van der Waals surface area contributed by atoms with Crippen LogP contribution < -0.4 is 5.32 Å². The van der Waals surface area contributed by atoms with Crippen LogP contribution in [0, 0.1) is 5.82 Å². The summed E-state index contributed by atoms with van der Waals surface area (Å²) in [7, 11) is 0. The van der Waals surface area contributed by atoms with Gasteiger partial charge in [0.05, 0.1) is 24.9 Å². The highest BCUT2D eigenvalue weighted by atomic mass is 19.1. The van der Waals surface area contributed by atoms with E-state index in [-0.39, 0.29) is 24.4 Å². The zero-order valence-corrected chi connectivity index (χ0v) is 14.0. The van der Waals surface area contributed by atoms with E-state index < -0.39 is 5.82 Å². The van der Waals surface area contributed by atoms with Crippen molar-refractivity contribution in [3.05, 3.63) is 65.7 Å². The Morgan fingerprint density at radius 2 is 2.12 bits per heavy atom. The van der Waals surface area contributed by atoms with Crippen LogP contribution >= 0.6 is 0 Å². The van der Waals surface area contributed by atoms with Crippen molar-refractivity contribution in [3.8, 4) is 0 Å². The fourth-order valence-electron chi connectivity index (χ4n) is 2.87. The molecule has 1 aromatic heterocycles. The number of benzene rings is 1. The number of pyridine rings is 1. The van der Waals surface area contributed by atoms with E-state index in [0.29, 0.717) is 19.7 Å². The third kappa shape index (κ3) is 5.00. The zero-order valence-electron chi connectivity index (χ0n) is 14.0. The normalized spacial score (nSPS) is 17.3. The summed E-state index contributed by atoms with van der Waals surface area (Å²) in [5.41, 5.74) is 1.50. The van der Waals surface area contributed by atoms with Crippen LogP contribution in [0.25, 0.3) is 0 Å². The second-order valence-electron chi connectivity index (χ2n) is 6.05. The number of halogens is 1. The van der Waals surface area contributed by atoms with Gasteiger partial charge < -0.3 is 15.0 Å². The van der Waals surface area contributed by atoms with Crippen molar-refractivity contribution in [1.29, 1.82) is 0 Å². The Morgan fingerprint density at radius 1 is 1.28 bits per heavy atom. The molecule has 2 amide bonds. The molecule has 1 N–H and O–H groups in total. The number of hydrogen-bond acceptors (Lipinski definition) is 3. The smallest absolute Gasteiger partial charge is 0.317 e. The van der Waals surface area contributed by atoms with E-state index in [2.05, 4.69) is 22.4 Å². The molecule has 5 nitrogen and oxygen atoms in total. The molecule has 1 saturated heterocycles. The van der Waals surface area contributed by atoms with E-state index >= 15 is 0 Å². The highest BCUT2D eigenvalue weighted by molar-refractivity contribution is 5.74. The van der Waals surface area contributed by atoms with Gasteiger partial charge in [-0.2, -0.15) is 0 Å². The van der Waals surface area contributed by atoms with Crippen molar-refractivity contribution in [2.75, 3.05) is 19.7 Å². The van der Waals surface area contributed by atoms with Gasteiger partial charge in [0.15, 0.2) is 0 Å². The lowest BCUT2D eigenvalue weighted by Crippen LogP contribution is -2.49. The van der Waals surface area contributed by atoms with Crippen LogP contribution in [0.4, 0.5) is 9.18 Å². The van der Waals surface area contributed by atoms with Gasteiger partial charge in [0, 0.05) is 19.3 Å². The number of urea groups is 1. The molecule has 1 fully saturated rings. The molecule has 0 spiro atoms. The number of rotatable bonds is 5. The summed E-state index contributed by atoms with van der Waals surface area (Å²) < 4.78 is 19.3. The van der Waals surface area contributed by atoms with Crippen molar-refractivity contribution in [1.82, 2.24) is 15.2 Å². The first-order valence-electron chi connectivity index (χ1n) is 8.50. The van der Waals surface area contributed by atoms with E-state index in [1.807, 2.05) is 18.2 Å². The summed E-state index contributed by atoms with van der Waals surface area (Å²) in [5.74, 6) is -0.412. The topological polar surface area (TPSA) is 54.5 Å². The number of hydrogen-bond donors (Lipinski definition) is 1. The van der Waals surface area contributed by atoms with Crippen molar-refractivity contribution in [2.45, 2.75) is 25.5 Å². The molecular formula is C19H22FN3O2. The first kappa shape index (κ1) is 17.4. The van der Waals surface area contributed by atoms with E-state index in [4.69, 9.17) is 4.74 Å². The van der Waals surface area contributed by atoms with E-state index in [1.54, 1.807) is 4.90 Å². The summed E-state index contributed by atoms with van der Waals surface area (Å²) in [4.78, 5) is 18.0. The summed E-state index contributed by atoms with van der Waals surface area (Å²) in [5, 5.41) is 2.73. The average Bonchev–Trinajstić information content (AvgIpc) is 2.66. The van der Waals surface area contributed by atoms with Crippen molar-refractivity contribution < 1.29 is 13.9 Å². The number of aryl methyl sites for hydroxylation is 1. The molecular weight excluding hydrogens is 321 g/mol. The molecule has 2 heterocycles. The molecule has 25 heavy (non-hydrogen) atoms. The maximum absolute atomic E-state index is 13.6. The SMILES string of the molecule is O=C(NCc1ncccc1F)N1CCOC(CCc2ccccc2)C1. The fraction of sp³-hybridized carbons (Fsp3) is 0.368. The van der Waals surface area contributed by atoms with Gasteiger partial charge in [-0.3, -0.25) is 4.98 Å². The minimum atomic E-state index is -0.412. The lowest BCUT2D eigenvalue weighted by molar-refractivity contribution is -0.0176. The Hall–Kier alpha value is -2.47. The number of nitrogens with one attached hydrogen (secondary N) is 1. The first-order chi connectivity index (χ1) is 12.2. The third-order valence-corrected chi connectivity index (χ3v) is 4.27. The number of aromatic nitrogens is 1. The predicted octanol–water partition coefficient (Wildman–Crippen LogP) is 2.76. The van der Waals surface area contributed by atoms with Gasteiger partial charge in [-0.15, -0.1) is 0 Å². The standard InChI is InChI=1S/C19H22FN3O2/c20-17-7-4-10-21-18(17)13-22-19(24)23-11-12-25-16(14-23)9-8-15-5-2-1-3-6-15/h1-7,10,16H,8-9,11-14H2,(H,22,24). The summed E-state index contributed by atoms with van der Waals surface area (Å²) >= 11 is 0. The number of nitrogens with zero attached hydrogens (tertiary/aromatic N) is 2. The van der Waals surface area contributed by atoms with Crippen LogP contribution in [0.1, 0.15) is 17.7 Å². The fourth-order valence-corrected chi connectivity index (χ4v) is 2.87. The van der Waals surface area contributed by atoms with Gasteiger partial charge in [-0.05, 0) is 30.5 Å². The van der Waals surface area contributed by atoms with Gasteiger partial charge in [0.2, 0.25) is 0 Å². The molecule has 1 aliphatic rings. The average molecular weight is 343 g/mol. The maximum atomic E-state index is 13.6.